The zero-order valence-electron chi connectivity index (χ0n) is 18.3. The number of nitrogens with zero attached hydrogens (tertiary/aromatic N) is 4. The van der Waals surface area contributed by atoms with Crippen molar-refractivity contribution in [1.29, 1.82) is 0 Å². The Hall–Kier alpha value is -4.54. The van der Waals surface area contributed by atoms with E-state index in [-0.39, 0.29) is 22.2 Å². The Balaban J connectivity index is 1.88. The summed E-state index contributed by atoms with van der Waals surface area (Å²) in [7, 11) is 5.09. The predicted octanol–water partition coefficient (Wildman–Crippen LogP) is 3.48. The fourth-order valence-electron chi connectivity index (χ4n) is 4.24. The molecule has 3 N–H and O–H groups in total. The first-order valence-corrected chi connectivity index (χ1v) is 10.2. The Kier molecular flexibility index (Phi) is 4.71. The number of anilines is 2. The van der Waals surface area contributed by atoms with Gasteiger partial charge in [-0.05, 0) is 12.1 Å². The Bertz CT molecular complexity index is 1710. The van der Waals surface area contributed by atoms with Gasteiger partial charge in [-0.2, -0.15) is 0 Å². The fourth-order valence-corrected chi connectivity index (χ4v) is 4.24. The molecule has 0 saturated carbocycles. The molecular weight excluding hydrogens is 446 g/mol. The second-order valence-corrected chi connectivity index (χ2v) is 7.91. The van der Waals surface area contributed by atoms with Crippen LogP contribution in [-0.2, 0) is 0 Å². The molecule has 34 heavy (non-hydrogen) atoms. The van der Waals surface area contributed by atoms with Crippen LogP contribution in [0, 0.1) is 11.6 Å². The van der Waals surface area contributed by atoms with Crippen LogP contribution < -0.4 is 15.8 Å². The van der Waals surface area contributed by atoms with Crippen LogP contribution in [0.15, 0.2) is 41.6 Å². The van der Waals surface area contributed by atoms with E-state index < -0.39 is 28.7 Å². The van der Waals surface area contributed by atoms with E-state index in [4.69, 9.17) is 0 Å². The fraction of sp³-hybridized carbons (Fsp3) is 0.130. The molecule has 4 heterocycles. The lowest BCUT2D eigenvalue weighted by Crippen LogP contribution is -2.22. The molecule has 9 nitrogen and oxygen atoms in total. The molecule has 0 atom stereocenters. The van der Waals surface area contributed by atoms with Gasteiger partial charge in [0.2, 0.25) is 0 Å². The van der Waals surface area contributed by atoms with E-state index in [0.717, 1.165) is 16.7 Å². The highest BCUT2D eigenvalue weighted by molar-refractivity contribution is 6.17. The number of H-pyrrole nitrogens is 1. The average Bonchev–Trinajstić information content (AvgIpc) is 3.18. The highest BCUT2D eigenvalue weighted by Crippen LogP contribution is 2.42. The lowest BCUT2D eigenvalue weighted by atomic mass is 10.0. The minimum atomic E-state index is -1.38. The van der Waals surface area contributed by atoms with E-state index in [1.165, 1.54) is 6.20 Å². The third-order valence-electron chi connectivity index (χ3n) is 5.72. The summed E-state index contributed by atoms with van der Waals surface area (Å²) in [6.45, 7) is 0. The van der Waals surface area contributed by atoms with Gasteiger partial charge in [0.15, 0.2) is 5.82 Å². The number of hydrogen-bond acceptors (Lipinski definition) is 6. The van der Waals surface area contributed by atoms with Gasteiger partial charge in [-0.1, -0.05) is 0 Å². The number of hydrogen-bond donors (Lipinski definition) is 3. The van der Waals surface area contributed by atoms with Gasteiger partial charge in [0.25, 0.3) is 5.56 Å². The normalized spacial score (nSPS) is 11.4. The molecule has 0 spiro atoms. The Morgan fingerprint density at radius 2 is 1.91 bits per heavy atom. The van der Waals surface area contributed by atoms with Crippen LogP contribution in [0.4, 0.5) is 20.2 Å². The monoisotopic (exact) mass is 464 g/mol. The maximum Gasteiger partial charge on any atom is 0.342 e. The molecule has 0 radical (unpaired) electrons. The van der Waals surface area contributed by atoms with Crippen molar-refractivity contribution in [3.8, 4) is 11.1 Å². The van der Waals surface area contributed by atoms with Gasteiger partial charge in [0, 0.05) is 62.3 Å². The zero-order chi connectivity index (χ0) is 24.3. The van der Waals surface area contributed by atoms with Gasteiger partial charge in [-0.15, -0.1) is 0 Å². The number of nitrogens with one attached hydrogen (secondary N) is 2. The number of aromatic nitrogens is 4. The van der Waals surface area contributed by atoms with Crippen LogP contribution in [-0.4, -0.2) is 51.6 Å². The molecule has 0 saturated heterocycles. The van der Waals surface area contributed by atoms with E-state index in [1.807, 2.05) is 0 Å². The summed E-state index contributed by atoms with van der Waals surface area (Å²) in [5.74, 6) is -2.86. The number of halogens is 2. The standard InChI is InChI=1S/C23H18F2N6O3/c1-26-18-14(25)6-13(24)16-17-20(30(2)3)11(7-28-21(17)29-19(16)18)10-4-5-15-27-8-12(23(33)34)22(32)31(15)9-10/h4-9,26H,1-3H3,(H,28,29)(H,33,34). The summed E-state index contributed by atoms with van der Waals surface area (Å²) < 4.78 is 30.5. The predicted molar refractivity (Wildman–Crippen MR) is 125 cm³/mol. The molecule has 0 aliphatic carbocycles. The molecule has 0 aliphatic rings. The number of aromatic amines is 1. The lowest BCUT2D eigenvalue weighted by molar-refractivity contribution is 0.0694. The van der Waals surface area contributed by atoms with Crippen molar-refractivity contribution < 1.29 is 18.7 Å². The average molecular weight is 464 g/mol. The van der Waals surface area contributed by atoms with E-state index in [9.17, 15) is 19.1 Å². The van der Waals surface area contributed by atoms with E-state index in [2.05, 4.69) is 20.3 Å². The largest absolute Gasteiger partial charge is 0.477 e. The van der Waals surface area contributed by atoms with Gasteiger partial charge in [0.05, 0.1) is 22.3 Å². The summed E-state index contributed by atoms with van der Waals surface area (Å²) in [6, 6.07) is 4.11. The van der Waals surface area contributed by atoms with Crippen molar-refractivity contribution in [1.82, 2.24) is 19.4 Å². The SMILES string of the molecule is CNc1c(F)cc(F)c2c1[nH]c1ncc(-c3ccc4ncc(C(=O)O)c(=O)n4c3)c(N(C)C)c12. The van der Waals surface area contributed by atoms with E-state index in [1.54, 1.807) is 44.4 Å². The zero-order valence-corrected chi connectivity index (χ0v) is 18.3. The third kappa shape index (κ3) is 2.97. The smallest absolute Gasteiger partial charge is 0.342 e. The Morgan fingerprint density at radius 3 is 2.59 bits per heavy atom. The quantitative estimate of drug-likeness (QED) is 0.373. The molecule has 0 aliphatic heterocycles. The Labute approximate surface area is 190 Å². The molecule has 1 aromatic carbocycles. The number of aromatic carboxylic acids is 1. The second-order valence-electron chi connectivity index (χ2n) is 7.91. The number of pyridine rings is 2. The van der Waals surface area contributed by atoms with Crippen molar-refractivity contribution in [2.75, 3.05) is 31.4 Å². The topological polar surface area (TPSA) is 116 Å². The summed E-state index contributed by atoms with van der Waals surface area (Å²) in [5, 5.41) is 12.6. The van der Waals surface area contributed by atoms with Crippen molar-refractivity contribution in [2.24, 2.45) is 0 Å². The van der Waals surface area contributed by atoms with Gasteiger partial charge in [0.1, 0.15) is 22.7 Å². The summed E-state index contributed by atoms with van der Waals surface area (Å²) in [5.41, 5.74) is 1.47. The van der Waals surface area contributed by atoms with E-state index in [0.29, 0.717) is 27.8 Å². The molecule has 0 fully saturated rings. The van der Waals surface area contributed by atoms with Crippen LogP contribution in [0.25, 0.3) is 38.7 Å². The molecule has 0 unspecified atom stereocenters. The first-order valence-electron chi connectivity index (χ1n) is 10.2. The number of carboxylic acid groups (broad SMARTS) is 1. The van der Waals surface area contributed by atoms with Crippen molar-refractivity contribution in [3.63, 3.8) is 0 Å². The Morgan fingerprint density at radius 1 is 1.15 bits per heavy atom. The molecule has 5 aromatic rings. The number of rotatable bonds is 4. The third-order valence-corrected chi connectivity index (χ3v) is 5.72. The molecule has 172 valence electrons. The van der Waals surface area contributed by atoms with Gasteiger partial charge < -0.3 is 20.3 Å². The second kappa shape index (κ2) is 7.51. The van der Waals surface area contributed by atoms with Gasteiger partial charge in [-0.3, -0.25) is 9.20 Å². The molecule has 0 bridgehead atoms. The van der Waals surface area contributed by atoms with Crippen molar-refractivity contribution in [3.05, 3.63) is 64.3 Å². The number of fused-ring (bicyclic) bond motifs is 4. The maximum atomic E-state index is 15.0. The maximum absolute atomic E-state index is 15.0. The number of benzene rings is 1. The molecule has 5 rings (SSSR count). The van der Waals surface area contributed by atoms with Crippen LogP contribution in [0.3, 0.4) is 0 Å². The first kappa shape index (κ1) is 21.3. The summed E-state index contributed by atoms with van der Waals surface area (Å²) >= 11 is 0. The van der Waals surface area contributed by atoms with Crippen LogP contribution >= 0.6 is 0 Å². The molecule has 11 heteroatoms. The minimum Gasteiger partial charge on any atom is -0.477 e. The highest BCUT2D eigenvalue weighted by Gasteiger charge is 2.23. The summed E-state index contributed by atoms with van der Waals surface area (Å²) in [4.78, 5) is 37.3. The summed E-state index contributed by atoms with van der Waals surface area (Å²) in [6.07, 6.45) is 4.05. The van der Waals surface area contributed by atoms with E-state index >= 15 is 4.39 Å². The van der Waals surface area contributed by atoms with Gasteiger partial charge in [-0.25, -0.2) is 23.5 Å². The lowest BCUT2D eigenvalue weighted by Gasteiger charge is -2.19. The molecular formula is C23H18F2N6O3. The first-order chi connectivity index (χ1) is 16.2. The molecule has 0 amide bonds. The van der Waals surface area contributed by atoms with Crippen LogP contribution in [0.5, 0.6) is 0 Å². The van der Waals surface area contributed by atoms with Crippen LogP contribution in [0.2, 0.25) is 0 Å². The van der Waals surface area contributed by atoms with Crippen LogP contribution in [0.1, 0.15) is 10.4 Å². The van der Waals surface area contributed by atoms with Crippen molar-refractivity contribution >= 4 is 44.9 Å². The number of carbonyl (C=O) groups is 1. The highest BCUT2D eigenvalue weighted by atomic mass is 19.1. The van der Waals surface area contributed by atoms with Crippen molar-refractivity contribution in [2.45, 2.75) is 0 Å². The molecule has 4 aromatic heterocycles. The number of carboxylic acids is 1. The minimum absolute atomic E-state index is 0.116. The van der Waals surface area contributed by atoms with Gasteiger partial charge >= 0.3 is 5.97 Å².